The Labute approximate surface area is 81.2 Å². The molecule has 1 nitrogen and oxygen atoms in total. The topological polar surface area (TPSA) is 12.9 Å². The third-order valence-corrected chi connectivity index (χ3v) is 2.41. The van der Waals surface area contributed by atoms with Crippen LogP contribution in [-0.2, 0) is 0 Å². The van der Waals surface area contributed by atoms with Gasteiger partial charge in [-0.3, -0.25) is 0 Å². The van der Waals surface area contributed by atoms with Gasteiger partial charge in [-0.05, 0) is 31.4 Å². The Morgan fingerprint density at radius 3 is 2.69 bits per heavy atom. The second-order valence-corrected chi connectivity index (χ2v) is 3.56. The minimum atomic E-state index is -0.480. The normalized spacial score (nSPS) is 15.4. The van der Waals surface area contributed by atoms with Crippen LogP contribution in [-0.4, -0.2) is 4.98 Å². The van der Waals surface area contributed by atoms with Crippen molar-refractivity contribution in [1.29, 1.82) is 0 Å². The lowest BCUT2D eigenvalue weighted by atomic mass is 9.91. The first kappa shape index (κ1) is 8.70. The lowest BCUT2D eigenvalue weighted by Crippen LogP contribution is -1.97. The molecule has 0 spiro atoms. The van der Waals surface area contributed by atoms with E-state index < -0.39 is 5.95 Å². The van der Waals surface area contributed by atoms with Crippen LogP contribution in [0.2, 0.25) is 5.15 Å². The predicted molar refractivity (Wildman–Crippen MR) is 51.0 cm³/mol. The highest BCUT2D eigenvalue weighted by molar-refractivity contribution is 6.29. The molecular weight excluding hydrogens is 189 g/mol. The van der Waals surface area contributed by atoms with Crippen molar-refractivity contribution in [3.05, 3.63) is 34.4 Å². The molecule has 68 valence electrons. The summed E-state index contributed by atoms with van der Waals surface area (Å²) in [5, 5.41) is 0.202. The molecule has 1 aliphatic rings. The summed E-state index contributed by atoms with van der Waals surface area (Å²) in [6.45, 7) is 0. The van der Waals surface area contributed by atoms with E-state index in [4.69, 9.17) is 11.6 Å². The Bertz CT molecular complexity index is 354. The number of pyridine rings is 1. The monoisotopic (exact) mass is 197 g/mol. The van der Waals surface area contributed by atoms with E-state index in [9.17, 15) is 4.39 Å². The molecule has 1 fully saturated rings. The molecule has 1 heterocycles. The van der Waals surface area contributed by atoms with Gasteiger partial charge >= 0.3 is 0 Å². The van der Waals surface area contributed by atoms with Gasteiger partial charge in [0.25, 0.3) is 0 Å². The minimum Gasteiger partial charge on any atom is -0.207 e. The Kier molecular flexibility index (Phi) is 2.32. The molecule has 0 saturated heterocycles. The largest absolute Gasteiger partial charge is 0.221 e. The van der Waals surface area contributed by atoms with Gasteiger partial charge in [0.05, 0.1) is 0 Å². The lowest BCUT2D eigenvalue weighted by molar-refractivity contribution is 0.580. The third-order valence-electron chi connectivity index (χ3n) is 2.20. The van der Waals surface area contributed by atoms with E-state index in [1.165, 1.54) is 12.0 Å². The summed E-state index contributed by atoms with van der Waals surface area (Å²) in [5.74, 6) is -0.480. The van der Waals surface area contributed by atoms with Gasteiger partial charge in [-0.25, -0.2) is 4.98 Å². The standard InChI is InChI=1S/C10H9ClFN/c11-9-5-4-8(10(12)13-9)6-7-2-1-3-7/h4-6H,1-3H2. The molecule has 0 aromatic carbocycles. The molecule has 13 heavy (non-hydrogen) atoms. The summed E-state index contributed by atoms with van der Waals surface area (Å²) in [5.41, 5.74) is 1.84. The van der Waals surface area contributed by atoms with Crippen molar-refractivity contribution >= 4 is 17.7 Å². The van der Waals surface area contributed by atoms with Crippen LogP contribution < -0.4 is 0 Å². The first-order valence-corrected chi connectivity index (χ1v) is 4.65. The number of allylic oxidation sites excluding steroid dienone is 1. The van der Waals surface area contributed by atoms with Crippen LogP contribution in [0.3, 0.4) is 0 Å². The van der Waals surface area contributed by atoms with Gasteiger partial charge in [-0.15, -0.1) is 0 Å². The molecule has 0 N–H and O–H groups in total. The summed E-state index contributed by atoms with van der Waals surface area (Å²) in [6, 6.07) is 3.27. The van der Waals surface area contributed by atoms with Crippen LogP contribution in [0.1, 0.15) is 24.8 Å². The third kappa shape index (κ3) is 1.89. The summed E-state index contributed by atoms with van der Waals surface area (Å²) >= 11 is 5.53. The zero-order chi connectivity index (χ0) is 9.26. The molecule has 0 unspecified atom stereocenters. The van der Waals surface area contributed by atoms with Gasteiger partial charge in [0.15, 0.2) is 0 Å². The first-order chi connectivity index (χ1) is 6.25. The average Bonchev–Trinajstić information content (AvgIpc) is 1.99. The fraction of sp³-hybridized carbons (Fsp3) is 0.300. The molecule has 1 aliphatic carbocycles. The van der Waals surface area contributed by atoms with Gasteiger partial charge in [0, 0.05) is 5.56 Å². The summed E-state index contributed by atoms with van der Waals surface area (Å²) < 4.78 is 13.1. The first-order valence-electron chi connectivity index (χ1n) is 4.27. The second-order valence-electron chi connectivity index (χ2n) is 3.17. The van der Waals surface area contributed by atoms with E-state index in [1.54, 1.807) is 12.1 Å². The number of aromatic nitrogens is 1. The maximum absolute atomic E-state index is 13.1. The molecule has 0 bridgehead atoms. The Balaban J connectivity index is 2.29. The molecule has 1 aromatic rings. The molecule has 0 radical (unpaired) electrons. The van der Waals surface area contributed by atoms with E-state index in [-0.39, 0.29) is 5.15 Å². The fourth-order valence-electron chi connectivity index (χ4n) is 1.28. The number of nitrogens with zero attached hydrogens (tertiary/aromatic N) is 1. The number of hydrogen-bond acceptors (Lipinski definition) is 1. The Morgan fingerprint density at radius 1 is 1.38 bits per heavy atom. The van der Waals surface area contributed by atoms with Gasteiger partial charge in [-0.1, -0.05) is 23.3 Å². The molecule has 0 atom stereocenters. The fourth-order valence-corrected chi connectivity index (χ4v) is 1.41. The van der Waals surface area contributed by atoms with Crippen molar-refractivity contribution in [2.24, 2.45) is 0 Å². The van der Waals surface area contributed by atoms with Crippen LogP contribution in [0.5, 0.6) is 0 Å². The maximum atomic E-state index is 13.1. The molecule has 0 amide bonds. The molecule has 1 saturated carbocycles. The van der Waals surface area contributed by atoms with Gasteiger partial charge in [0.2, 0.25) is 5.95 Å². The predicted octanol–water partition coefficient (Wildman–Crippen LogP) is 3.44. The summed E-state index contributed by atoms with van der Waals surface area (Å²) in [6.07, 6.45) is 5.25. The molecule has 0 aliphatic heterocycles. The van der Waals surface area contributed by atoms with Crippen LogP contribution in [0.4, 0.5) is 4.39 Å². The SMILES string of the molecule is Fc1nc(Cl)ccc1C=C1CCC1. The zero-order valence-corrected chi connectivity index (χ0v) is 7.81. The van der Waals surface area contributed by atoms with E-state index >= 15 is 0 Å². The summed E-state index contributed by atoms with van der Waals surface area (Å²) in [7, 11) is 0. The van der Waals surface area contributed by atoms with E-state index in [0.717, 1.165) is 12.8 Å². The Hall–Kier alpha value is -0.890. The molecule has 1 aromatic heterocycles. The van der Waals surface area contributed by atoms with Crippen LogP contribution in [0.25, 0.3) is 6.08 Å². The highest BCUT2D eigenvalue weighted by Crippen LogP contribution is 2.28. The highest BCUT2D eigenvalue weighted by atomic mass is 35.5. The highest BCUT2D eigenvalue weighted by Gasteiger charge is 2.09. The van der Waals surface area contributed by atoms with E-state index in [0.29, 0.717) is 5.56 Å². The maximum Gasteiger partial charge on any atom is 0.221 e. The van der Waals surface area contributed by atoms with Crippen LogP contribution >= 0.6 is 11.6 Å². The van der Waals surface area contributed by atoms with Crippen molar-refractivity contribution in [2.45, 2.75) is 19.3 Å². The van der Waals surface area contributed by atoms with Crippen molar-refractivity contribution in [2.75, 3.05) is 0 Å². The second kappa shape index (κ2) is 3.46. The van der Waals surface area contributed by atoms with Crippen molar-refractivity contribution in [3.63, 3.8) is 0 Å². The summed E-state index contributed by atoms with van der Waals surface area (Å²) in [4.78, 5) is 3.54. The number of rotatable bonds is 1. The van der Waals surface area contributed by atoms with Crippen molar-refractivity contribution in [3.8, 4) is 0 Å². The minimum absolute atomic E-state index is 0.202. The zero-order valence-electron chi connectivity index (χ0n) is 7.06. The van der Waals surface area contributed by atoms with Gasteiger partial charge in [0.1, 0.15) is 5.15 Å². The molecular formula is C10H9ClFN. The van der Waals surface area contributed by atoms with Crippen molar-refractivity contribution < 1.29 is 4.39 Å². The van der Waals surface area contributed by atoms with Gasteiger partial charge in [-0.2, -0.15) is 4.39 Å². The quantitative estimate of drug-likeness (QED) is 0.629. The Morgan fingerprint density at radius 2 is 2.15 bits per heavy atom. The molecule has 3 heteroatoms. The van der Waals surface area contributed by atoms with Crippen molar-refractivity contribution in [1.82, 2.24) is 4.98 Å². The van der Waals surface area contributed by atoms with Crippen LogP contribution in [0.15, 0.2) is 17.7 Å². The van der Waals surface area contributed by atoms with Crippen LogP contribution in [0, 0.1) is 5.95 Å². The number of halogens is 2. The van der Waals surface area contributed by atoms with E-state index in [2.05, 4.69) is 4.98 Å². The smallest absolute Gasteiger partial charge is 0.207 e. The van der Waals surface area contributed by atoms with Gasteiger partial charge < -0.3 is 0 Å². The average molecular weight is 198 g/mol. The molecule has 2 rings (SSSR count). The lowest BCUT2D eigenvalue weighted by Gasteiger charge is -2.15. The number of hydrogen-bond donors (Lipinski definition) is 0. The van der Waals surface area contributed by atoms with E-state index in [1.807, 2.05) is 6.08 Å².